The summed E-state index contributed by atoms with van der Waals surface area (Å²) < 4.78 is 7.01. The van der Waals surface area contributed by atoms with Crippen molar-refractivity contribution < 1.29 is 9.21 Å². The summed E-state index contributed by atoms with van der Waals surface area (Å²) in [4.78, 5) is 12.4. The number of hydrogen-bond acceptors (Lipinski definition) is 3. The van der Waals surface area contributed by atoms with Gasteiger partial charge in [0.25, 0.3) is 5.91 Å². The number of hydrogen-bond donors (Lipinski definition) is 1. The van der Waals surface area contributed by atoms with Crippen LogP contribution in [-0.2, 0) is 26.3 Å². The Bertz CT molecular complexity index is 614. The molecule has 0 atom stereocenters. The molecule has 2 aromatic rings. The second-order valence-corrected chi connectivity index (χ2v) is 5.54. The van der Waals surface area contributed by atoms with Gasteiger partial charge in [0.1, 0.15) is 11.5 Å². The molecule has 0 bridgehead atoms. The van der Waals surface area contributed by atoms with Gasteiger partial charge < -0.3 is 9.73 Å². The number of nitrogens with one attached hydrogen (secondary N) is 1. The summed E-state index contributed by atoms with van der Waals surface area (Å²) in [6.45, 7) is 0.652. The number of nitrogens with zero attached hydrogens (tertiary/aromatic N) is 2. The van der Waals surface area contributed by atoms with E-state index in [1.54, 1.807) is 10.9 Å². The van der Waals surface area contributed by atoms with Gasteiger partial charge in [0.2, 0.25) is 0 Å². The van der Waals surface area contributed by atoms with Gasteiger partial charge in [0.15, 0.2) is 0 Å². The lowest BCUT2D eigenvalue weighted by Crippen LogP contribution is -2.28. The number of aryl methyl sites for hydroxylation is 3. The molecular weight excluding hydrogens is 266 g/mol. The molecule has 5 heteroatoms. The van der Waals surface area contributed by atoms with Crippen LogP contribution in [0.4, 0.5) is 0 Å². The van der Waals surface area contributed by atoms with E-state index in [2.05, 4.69) is 10.4 Å². The standard InChI is InChI=1S/C16H21N3O2/c1-19-15(13-8-2-3-9-14(13)18-19)16(20)17-10-4-6-12-7-5-11-21-12/h5,7,11H,2-4,6,8-10H2,1H3,(H,17,20). The number of aromatic nitrogens is 2. The second kappa shape index (κ2) is 6.16. The summed E-state index contributed by atoms with van der Waals surface area (Å²) in [5.41, 5.74) is 2.99. The average Bonchev–Trinajstić information content (AvgIpc) is 3.09. The van der Waals surface area contributed by atoms with Crippen LogP contribution < -0.4 is 5.32 Å². The molecule has 1 aliphatic rings. The summed E-state index contributed by atoms with van der Waals surface area (Å²) in [6, 6.07) is 3.84. The number of fused-ring (bicyclic) bond motifs is 1. The van der Waals surface area contributed by atoms with E-state index in [1.807, 2.05) is 19.2 Å². The second-order valence-electron chi connectivity index (χ2n) is 5.54. The zero-order valence-corrected chi connectivity index (χ0v) is 12.4. The Labute approximate surface area is 124 Å². The molecule has 0 fully saturated rings. The molecule has 21 heavy (non-hydrogen) atoms. The lowest BCUT2D eigenvalue weighted by atomic mass is 9.95. The van der Waals surface area contributed by atoms with Gasteiger partial charge in [-0.15, -0.1) is 0 Å². The van der Waals surface area contributed by atoms with Crippen molar-refractivity contribution in [2.75, 3.05) is 6.54 Å². The molecule has 1 amide bonds. The quantitative estimate of drug-likeness (QED) is 0.858. The van der Waals surface area contributed by atoms with Crippen LogP contribution in [0.2, 0.25) is 0 Å². The van der Waals surface area contributed by atoms with E-state index in [0.29, 0.717) is 6.54 Å². The molecule has 3 rings (SSSR count). The maximum atomic E-state index is 12.4. The van der Waals surface area contributed by atoms with Crippen molar-refractivity contribution in [3.63, 3.8) is 0 Å². The van der Waals surface area contributed by atoms with Crippen LogP contribution in [0.3, 0.4) is 0 Å². The molecule has 5 nitrogen and oxygen atoms in total. The van der Waals surface area contributed by atoms with E-state index in [-0.39, 0.29) is 5.91 Å². The molecule has 0 aromatic carbocycles. The van der Waals surface area contributed by atoms with Crippen molar-refractivity contribution in [3.8, 4) is 0 Å². The van der Waals surface area contributed by atoms with E-state index in [1.165, 1.54) is 6.42 Å². The van der Waals surface area contributed by atoms with E-state index in [4.69, 9.17) is 4.42 Å². The van der Waals surface area contributed by atoms with E-state index < -0.39 is 0 Å². The Hall–Kier alpha value is -2.04. The molecule has 2 heterocycles. The van der Waals surface area contributed by atoms with Crippen molar-refractivity contribution in [2.24, 2.45) is 7.05 Å². The van der Waals surface area contributed by atoms with E-state index in [9.17, 15) is 4.79 Å². The van der Waals surface area contributed by atoms with Crippen molar-refractivity contribution in [2.45, 2.75) is 38.5 Å². The van der Waals surface area contributed by atoms with Gasteiger partial charge in [0.05, 0.1) is 12.0 Å². The highest BCUT2D eigenvalue weighted by molar-refractivity contribution is 5.94. The predicted molar refractivity (Wildman–Crippen MR) is 79.2 cm³/mol. The molecule has 0 aliphatic heterocycles. The monoisotopic (exact) mass is 287 g/mol. The SMILES string of the molecule is Cn1nc2c(c1C(=O)NCCCc1ccco1)CCCC2. The Kier molecular flexibility index (Phi) is 4.08. The Balaban J connectivity index is 1.57. The average molecular weight is 287 g/mol. The largest absolute Gasteiger partial charge is 0.469 e. The van der Waals surface area contributed by atoms with E-state index in [0.717, 1.165) is 54.8 Å². The van der Waals surface area contributed by atoms with E-state index >= 15 is 0 Å². The molecule has 0 spiro atoms. The number of furan rings is 1. The molecule has 1 N–H and O–H groups in total. The first-order valence-corrected chi connectivity index (χ1v) is 7.61. The van der Waals surface area contributed by atoms with Crippen molar-refractivity contribution >= 4 is 5.91 Å². The number of amides is 1. The fourth-order valence-electron chi connectivity index (χ4n) is 2.97. The van der Waals surface area contributed by atoms with Gasteiger partial charge >= 0.3 is 0 Å². The van der Waals surface area contributed by atoms with Gasteiger partial charge in [-0.05, 0) is 44.2 Å². The van der Waals surface area contributed by atoms with Crippen LogP contribution in [0.5, 0.6) is 0 Å². The van der Waals surface area contributed by atoms with Crippen LogP contribution in [0.1, 0.15) is 46.8 Å². The first kappa shape index (κ1) is 13.9. The Morgan fingerprint density at radius 2 is 2.29 bits per heavy atom. The summed E-state index contributed by atoms with van der Waals surface area (Å²) in [5, 5.41) is 7.48. The summed E-state index contributed by atoms with van der Waals surface area (Å²) in [7, 11) is 1.86. The molecule has 2 aromatic heterocycles. The van der Waals surface area contributed by atoms with Crippen LogP contribution in [0, 0.1) is 0 Å². The van der Waals surface area contributed by atoms with Crippen LogP contribution in [0.15, 0.2) is 22.8 Å². The Morgan fingerprint density at radius 1 is 1.43 bits per heavy atom. The molecule has 0 saturated heterocycles. The van der Waals surface area contributed by atoms with Gasteiger partial charge in [-0.25, -0.2) is 0 Å². The first-order valence-electron chi connectivity index (χ1n) is 7.61. The highest BCUT2D eigenvalue weighted by Crippen LogP contribution is 2.23. The van der Waals surface area contributed by atoms with Crippen LogP contribution in [0.25, 0.3) is 0 Å². The van der Waals surface area contributed by atoms with Crippen molar-refractivity contribution in [1.29, 1.82) is 0 Å². The zero-order chi connectivity index (χ0) is 14.7. The number of carbonyl (C=O) groups excluding carboxylic acids is 1. The van der Waals surface area contributed by atoms with Crippen molar-refractivity contribution in [1.82, 2.24) is 15.1 Å². The highest BCUT2D eigenvalue weighted by atomic mass is 16.3. The third-order valence-electron chi connectivity index (χ3n) is 4.00. The fourth-order valence-corrected chi connectivity index (χ4v) is 2.97. The summed E-state index contributed by atoms with van der Waals surface area (Å²) >= 11 is 0. The normalized spacial score (nSPS) is 14.0. The fraction of sp³-hybridized carbons (Fsp3) is 0.500. The maximum absolute atomic E-state index is 12.4. The number of rotatable bonds is 5. The van der Waals surface area contributed by atoms with Crippen LogP contribution in [-0.4, -0.2) is 22.2 Å². The molecular formula is C16H21N3O2. The van der Waals surface area contributed by atoms with Gasteiger partial charge in [-0.2, -0.15) is 5.10 Å². The van der Waals surface area contributed by atoms with Gasteiger partial charge in [0, 0.05) is 25.6 Å². The molecule has 0 radical (unpaired) electrons. The lowest BCUT2D eigenvalue weighted by molar-refractivity contribution is 0.0942. The third kappa shape index (κ3) is 3.01. The minimum Gasteiger partial charge on any atom is -0.469 e. The van der Waals surface area contributed by atoms with Crippen LogP contribution >= 0.6 is 0 Å². The summed E-state index contributed by atoms with van der Waals surface area (Å²) in [5.74, 6) is 0.953. The summed E-state index contributed by atoms with van der Waals surface area (Å²) in [6.07, 6.45) is 7.69. The third-order valence-corrected chi connectivity index (χ3v) is 4.00. The molecule has 112 valence electrons. The van der Waals surface area contributed by atoms with Gasteiger partial charge in [-0.1, -0.05) is 0 Å². The molecule has 0 unspecified atom stereocenters. The lowest BCUT2D eigenvalue weighted by Gasteiger charge is -2.11. The first-order chi connectivity index (χ1) is 10.3. The Morgan fingerprint density at radius 3 is 3.10 bits per heavy atom. The smallest absolute Gasteiger partial charge is 0.269 e. The highest BCUT2D eigenvalue weighted by Gasteiger charge is 2.23. The van der Waals surface area contributed by atoms with Crippen molar-refractivity contribution in [3.05, 3.63) is 41.1 Å². The molecule has 1 aliphatic carbocycles. The predicted octanol–water partition coefficient (Wildman–Crippen LogP) is 2.25. The zero-order valence-electron chi connectivity index (χ0n) is 12.4. The maximum Gasteiger partial charge on any atom is 0.269 e. The minimum absolute atomic E-state index is 0.00686. The number of carbonyl (C=O) groups is 1. The minimum atomic E-state index is -0.00686. The topological polar surface area (TPSA) is 60.1 Å². The van der Waals surface area contributed by atoms with Gasteiger partial charge in [-0.3, -0.25) is 9.48 Å². The molecule has 0 saturated carbocycles.